The topological polar surface area (TPSA) is 55.1 Å². The second-order valence-electron chi connectivity index (χ2n) is 4.68. The summed E-state index contributed by atoms with van der Waals surface area (Å²) in [5.41, 5.74) is 7.06. The van der Waals surface area contributed by atoms with Gasteiger partial charge >= 0.3 is 0 Å². The Morgan fingerprint density at radius 3 is 2.56 bits per heavy atom. The number of benzene rings is 1. The Morgan fingerprint density at radius 2 is 2.06 bits per heavy atom. The standard InChI is InChI=1S/C13H19FN2O.ClH/c1-8(2)6-11(15)13(17)16-12-5-4-10(14)7-9(12)3;/h4-5,7-8,11H,6,15H2,1-3H3,(H,16,17);1H/t11-;/m0./s1. The quantitative estimate of drug-likeness (QED) is 0.887. The molecule has 18 heavy (non-hydrogen) atoms. The zero-order valence-electron chi connectivity index (χ0n) is 10.9. The first-order chi connectivity index (χ1) is 7.90. The van der Waals surface area contributed by atoms with Gasteiger partial charge in [0, 0.05) is 5.69 Å². The second kappa shape index (κ2) is 7.34. The zero-order valence-corrected chi connectivity index (χ0v) is 11.7. The number of carbonyl (C=O) groups excluding carboxylic acids is 1. The first-order valence-corrected chi connectivity index (χ1v) is 5.72. The summed E-state index contributed by atoms with van der Waals surface area (Å²) in [6.45, 7) is 5.76. The van der Waals surface area contributed by atoms with Crippen molar-refractivity contribution in [2.24, 2.45) is 11.7 Å². The van der Waals surface area contributed by atoms with E-state index in [0.29, 0.717) is 23.6 Å². The van der Waals surface area contributed by atoms with Gasteiger partial charge in [0.2, 0.25) is 5.91 Å². The Labute approximate surface area is 113 Å². The predicted octanol–water partition coefficient (Wildman–Crippen LogP) is 2.87. The largest absolute Gasteiger partial charge is 0.324 e. The van der Waals surface area contributed by atoms with Gasteiger partial charge in [0.15, 0.2) is 0 Å². The molecule has 0 aliphatic carbocycles. The van der Waals surface area contributed by atoms with Crippen LogP contribution in [0.2, 0.25) is 0 Å². The van der Waals surface area contributed by atoms with Gasteiger partial charge in [-0.1, -0.05) is 13.8 Å². The number of halogens is 2. The molecule has 3 N–H and O–H groups in total. The molecule has 1 rings (SSSR count). The van der Waals surface area contributed by atoms with E-state index in [2.05, 4.69) is 5.32 Å². The smallest absolute Gasteiger partial charge is 0.241 e. The Morgan fingerprint density at radius 1 is 1.44 bits per heavy atom. The van der Waals surface area contributed by atoms with E-state index in [4.69, 9.17) is 5.73 Å². The number of hydrogen-bond acceptors (Lipinski definition) is 2. The third-order valence-electron chi connectivity index (χ3n) is 2.51. The minimum Gasteiger partial charge on any atom is -0.324 e. The molecule has 1 aromatic rings. The van der Waals surface area contributed by atoms with Crippen molar-refractivity contribution in [2.45, 2.75) is 33.2 Å². The van der Waals surface area contributed by atoms with Crippen molar-refractivity contribution in [3.63, 3.8) is 0 Å². The van der Waals surface area contributed by atoms with E-state index in [1.165, 1.54) is 12.1 Å². The summed E-state index contributed by atoms with van der Waals surface area (Å²) in [5.74, 6) is -0.176. The Bertz CT molecular complexity index is 410. The molecule has 5 heteroatoms. The molecule has 0 saturated carbocycles. The summed E-state index contributed by atoms with van der Waals surface area (Å²) in [6, 6.07) is 3.71. The highest BCUT2D eigenvalue weighted by Crippen LogP contribution is 2.16. The third kappa shape index (κ3) is 5.02. The van der Waals surface area contributed by atoms with E-state index in [-0.39, 0.29) is 24.1 Å². The number of nitrogens with one attached hydrogen (secondary N) is 1. The maximum absolute atomic E-state index is 12.9. The molecule has 102 valence electrons. The lowest BCUT2D eigenvalue weighted by molar-refractivity contribution is -0.117. The number of amides is 1. The number of rotatable bonds is 4. The van der Waals surface area contributed by atoms with E-state index in [1.807, 2.05) is 13.8 Å². The van der Waals surface area contributed by atoms with Crippen molar-refractivity contribution in [1.82, 2.24) is 0 Å². The lowest BCUT2D eigenvalue weighted by Gasteiger charge is -2.15. The van der Waals surface area contributed by atoms with Gasteiger partial charge in [0.05, 0.1) is 6.04 Å². The van der Waals surface area contributed by atoms with Crippen LogP contribution in [0.3, 0.4) is 0 Å². The molecule has 0 unspecified atom stereocenters. The fourth-order valence-corrected chi connectivity index (χ4v) is 1.61. The molecular weight excluding hydrogens is 255 g/mol. The van der Waals surface area contributed by atoms with Crippen LogP contribution in [-0.2, 0) is 4.79 Å². The molecule has 0 aliphatic heterocycles. The number of nitrogens with two attached hydrogens (primary N) is 1. The van der Waals surface area contributed by atoms with E-state index in [0.717, 1.165) is 0 Å². The van der Waals surface area contributed by atoms with Crippen LogP contribution in [0.4, 0.5) is 10.1 Å². The molecule has 0 fully saturated rings. The minimum absolute atomic E-state index is 0. The van der Waals surface area contributed by atoms with Crippen LogP contribution in [0.5, 0.6) is 0 Å². The van der Waals surface area contributed by atoms with Gasteiger partial charge in [-0.05, 0) is 43.0 Å². The van der Waals surface area contributed by atoms with Crippen molar-refractivity contribution in [3.05, 3.63) is 29.6 Å². The fourth-order valence-electron chi connectivity index (χ4n) is 1.61. The number of aryl methyl sites for hydroxylation is 1. The molecule has 1 amide bonds. The Kier molecular flexibility index (Phi) is 6.88. The Hall–Kier alpha value is -1.13. The average molecular weight is 275 g/mol. The van der Waals surface area contributed by atoms with Crippen LogP contribution < -0.4 is 11.1 Å². The Balaban J connectivity index is 0.00000289. The summed E-state index contributed by atoms with van der Waals surface area (Å²) in [4.78, 5) is 11.8. The number of anilines is 1. The molecule has 3 nitrogen and oxygen atoms in total. The SMILES string of the molecule is Cc1cc(F)ccc1NC(=O)[C@@H](N)CC(C)C.Cl. The predicted molar refractivity (Wildman–Crippen MR) is 74.4 cm³/mol. The highest BCUT2D eigenvalue weighted by atomic mass is 35.5. The van der Waals surface area contributed by atoms with Gasteiger partial charge in [-0.25, -0.2) is 4.39 Å². The highest BCUT2D eigenvalue weighted by Gasteiger charge is 2.15. The molecular formula is C13H20ClFN2O. The molecule has 0 radical (unpaired) electrons. The van der Waals surface area contributed by atoms with E-state index >= 15 is 0 Å². The van der Waals surface area contributed by atoms with Crippen LogP contribution in [0, 0.1) is 18.7 Å². The molecule has 1 atom stereocenters. The van der Waals surface area contributed by atoms with Crippen LogP contribution in [0.25, 0.3) is 0 Å². The van der Waals surface area contributed by atoms with Gasteiger partial charge in [-0.2, -0.15) is 0 Å². The first kappa shape index (κ1) is 16.9. The van der Waals surface area contributed by atoms with Gasteiger partial charge in [0.25, 0.3) is 0 Å². The first-order valence-electron chi connectivity index (χ1n) is 5.72. The van der Waals surface area contributed by atoms with Crippen LogP contribution in [0.15, 0.2) is 18.2 Å². The van der Waals surface area contributed by atoms with Gasteiger partial charge < -0.3 is 11.1 Å². The molecule has 0 saturated heterocycles. The van der Waals surface area contributed by atoms with Crippen molar-refractivity contribution >= 4 is 24.0 Å². The highest BCUT2D eigenvalue weighted by molar-refractivity contribution is 5.95. The van der Waals surface area contributed by atoms with E-state index in [1.54, 1.807) is 13.0 Å². The van der Waals surface area contributed by atoms with Crippen molar-refractivity contribution in [3.8, 4) is 0 Å². The molecule has 0 heterocycles. The zero-order chi connectivity index (χ0) is 13.0. The number of hydrogen-bond donors (Lipinski definition) is 2. The van der Waals surface area contributed by atoms with Gasteiger partial charge in [-0.15, -0.1) is 12.4 Å². The van der Waals surface area contributed by atoms with Crippen LogP contribution in [0.1, 0.15) is 25.8 Å². The average Bonchev–Trinajstić information content (AvgIpc) is 2.21. The third-order valence-corrected chi connectivity index (χ3v) is 2.51. The maximum Gasteiger partial charge on any atom is 0.241 e. The van der Waals surface area contributed by atoms with Gasteiger partial charge in [-0.3, -0.25) is 4.79 Å². The maximum atomic E-state index is 12.9. The fraction of sp³-hybridized carbons (Fsp3) is 0.462. The van der Waals surface area contributed by atoms with Gasteiger partial charge in [0.1, 0.15) is 5.82 Å². The summed E-state index contributed by atoms with van der Waals surface area (Å²) < 4.78 is 12.9. The van der Waals surface area contributed by atoms with Crippen molar-refractivity contribution < 1.29 is 9.18 Å². The van der Waals surface area contributed by atoms with E-state index < -0.39 is 6.04 Å². The van der Waals surface area contributed by atoms with Crippen LogP contribution >= 0.6 is 12.4 Å². The molecule has 0 bridgehead atoms. The van der Waals surface area contributed by atoms with Crippen LogP contribution in [-0.4, -0.2) is 11.9 Å². The summed E-state index contributed by atoms with van der Waals surface area (Å²) in [7, 11) is 0. The minimum atomic E-state index is -0.528. The summed E-state index contributed by atoms with van der Waals surface area (Å²) in [5, 5.41) is 2.71. The molecule has 0 aliphatic rings. The number of carbonyl (C=O) groups is 1. The molecule has 0 aromatic heterocycles. The monoisotopic (exact) mass is 274 g/mol. The lowest BCUT2D eigenvalue weighted by atomic mass is 10.0. The normalized spacial score (nSPS) is 11.9. The second-order valence-corrected chi connectivity index (χ2v) is 4.68. The molecule has 1 aromatic carbocycles. The lowest BCUT2D eigenvalue weighted by Crippen LogP contribution is -2.36. The van der Waals surface area contributed by atoms with Crippen molar-refractivity contribution in [2.75, 3.05) is 5.32 Å². The molecule has 0 spiro atoms. The summed E-state index contributed by atoms with van der Waals surface area (Å²) in [6.07, 6.45) is 0.631. The van der Waals surface area contributed by atoms with Crippen molar-refractivity contribution in [1.29, 1.82) is 0 Å². The van der Waals surface area contributed by atoms with E-state index in [9.17, 15) is 9.18 Å². The summed E-state index contributed by atoms with van der Waals surface area (Å²) >= 11 is 0.